The van der Waals surface area contributed by atoms with Crippen molar-refractivity contribution >= 4 is 17.3 Å². The number of anilines is 1. The second-order valence-corrected chi connectivity index (χ2v) is 4.32. The highest BCUT2D eigenvalue weighted by Gasteiger charge is 2.15. The minimum absolute atomic E-state index is 0.000177. The Bertz CT molecular complexity index is 340. The molecule has 0 spiro atoms. The molecule has 84 valence electrons. The van der Waals surface area contributed by atoms with E-state index in [4.69, 9.17) is 11.6 Å². The summed E-state index contributed by atoms with van der Waals surface area (Å²) in [5.74, 6) is -1.50. The van der Waals surface area contributed by atoms with Crippen LogP contribution in [0.5, 0.6) is 0 Å². The monoisotopic (exact) mass is 235 g/mol. The van der Waals surface area contributed by atoms with Gasteiger partial charge in [-0.1, -0.05) is 11.6 Å². The van der Waals surface area contributed by atoms with Gasteiger partial charge in [0.05, 0.1) is 16.3 Å². The summed E-state index contributed by atoms with van der Waals surface area (Å²) in [5, 5.41) is 12.0. The van der Waals surface area contributed by atoms with Crippen molar-refractivity contribution in [2.75, 3.05) is 11.9 Å². The third-order valence-corrected chi connectivity index (χ3v) is 2.00. The zero-order chi connectivity index (χ0) is 11.6. The second-order valence-electron chi connectivity index (χ2n) is 3.91. The van der Waals surface area contributed by atoms with Crippen molar-refractivity contribution in [2.24, 2.45) is 0 Å². The molecule has 0 fully saturated rings. The van der Waals surface area contributed by atoms with Crippen LogP contribution in [0.25, 0.3) is 0 Å². The fourth-order valence-corrected chi connectivity index (χ4v) is 1.28. The van der Waals surface area contributed by atoms with Crippen LogP contribution in [0.1, 0.15) is 13.8 Å². The molecule has 0 radical (unpaired) electrons. The van der Waals surface area contributed by atoms with Gasteiger partial charge in [0.25, 0.3) is 0 Å². The molecule has 0 atom stereocenters. The van der Waals surface area contributed by atoms with E-state index in [9.17, 15) is 13.9 Å². The molecule has 0 aliphatic rings. The van der Waals surface area contributed by atoms with E-state index < -0.39 is 17.2 Å². The van der Waals surface area contributed by atoms with E-state index in [0.717, 1.165) is 12.1 Å². The van der Waals surface area contributed by atoms with Crippen molar-refractivity contribution in [3.63, 3.8) is 0 Å². The lowest BCUT2D eigenvalue weighted by Gasteiger charge is -2.19. The summed E-state index contributed by atoms with van der Waals surface area (Å²) in [6, 6.07) is 1.75. The average Bonchev–Trinajstić information content (AvgIpc) is 1.99. The Balaban J connectivity index is 2.86. The molecule has 1 rings (SSSR count). The predicted octanol–water partition coefficient (Wildman–Crippen LogP) is 2.80. The summed E-state index contributed by atoms with van der Waals surface area (Å²) in [6.45, 7) is 3.25. The molecule has 0 heterocycles. The third kappa shape index (κ3) is 3.64. The maximum absolute atomic E-state index is 13.2. The Morgan fingerprint density at radius 3 is 2.47 bits per heavy atom. The summed E-state index contributed by atoms with van der Waals surface area (Å²) in [6.07, 6.45) is 0. The van der Waals surface area contributed by atoms with Gasteiger partial charge in [-0.2, -0.15) is 0 Å². The van der Waals surface area contributed by atoms with Gasteiger partial charge in [0, 0.05) is 12.6 Å². The number of nitrogens with one attached hydrogen (secondary N) is 1. The highest BCUT2D eigenvalue weighted by Crippen LogP contribution is 2.26. The van der Waals surface area contributed by atoms with Crippen LogP contribution in [0.2, 0.25) is 5.02 Å². The standard InChI is InChI=1S/C10H12ClF2NO/c1-10(2,15)5-14-9-7(11)3-6(12)4-8(9)13/h3-4,14-15H,5H2,1-2H3. The Hall–Kier alpha value is -0.870. The molecule has 0 unspecified atom stereocenters. The molecule has 0 aliphatic heterocycles. The summed E-state index contributed by atoms with van der Waals surface area (Å²) in [4.78, 5) is 0. The van der Waals surface area contributed by atoms with Crippen molar-refractivity contribution in [1.29, 1.82) is 0 Å². The average molecular weight is 236 g/mol. The zero-order valence-electron chi connectivity index (χ0n) is 8.44. The molecular formula is C10H12ClF2NO. The molecule has 0 amide bonds. The van der Waals surface area contributed by atoms with Gasteiger partial charge in [0.1, 0.15) is 5.82 Å². The van der Waals surface area contributed by atoms with Crippen LogP contribution in [0, 0.1) is 11.6 Å². The summed E-state index contributed by atoms with van der Waals surface area (Å²) >= 11 is 5.64. The van der Waals surface area contributed by atoms with Gasteiger partial charge < -0.3 is 10.4 Å². The molecule has 0 saturated carbocycles. The van der Waals surface area contributed by atoms with E-state index in [1.54, 1.807) is 13.8 Å². The summed E-state index contributed by atoms with van der Waals surface area (Å²) in [7, 11) is 0. The van der Waals surface area contributed by atoms with E-state index in [1.807, 2.05) is 0 Å². The molecule has 2 nitrogen and oxygen atoms in total. The first-order chi connectivity index (χ1) is 6.79. The molecule has 2 N–H and O–H groups in total. The van der Waals surface area contributed by atoms with Crippen LogP contribution in [0.15, 0.2) is 12.1 Å². The van der Waals surface area contributed by atoms with Crippen LogP contribution < -0.4 is 5.32 Å². The van der Waals surface area contributed by atoms with Crippen LogP contribution in [0.4, 0.5) is 14.5 Å². The Morgan fingerprint density at radius 1 is 1.40 bits per heavy atom. The van der Waals surface area contributed by atoms with Crippen LogP contribution in [-0.4, -0.2) is 17.3 Å². The van der Waals surface area contributed by atoms with E-state index in [1.165, 1.54) is 0 Å². The topological polar surface area (TPSA) is 32.3 Å². The predicted molar refractivity (Wildman–Crippen MR) is 56.2 cm³/mol. The Labute approximate surface area is 91.9 Å². The normalized spacial score (nSPS) is 11.6. The van der Waals surface area contributed by atoms with Crippen molar-refractivity contribution in [1.82, 2.24) is 0 Å². The van der Waals surface area contributed by atoms with E-state index in [2.05, 4.69) is 5.32 Å². The fourth-order valence-electron chi connectivity index (χ4n) is 1.02. The Morgan fingerprint density at radius 2 is 2.00 bits per heavy atom. The number of halogens is 3. The quantitative estimate of drug-likeness (QED) is 0.845. The number of hydrogen-bond acceptors (Lipinski definition) is 2. The third-order valence-electron chi connectivity index (χ3n) is 1.70. The van der Waals surface area contributed by atoms with Gasteiger partial charge in [0.15, 0.2) is 5.82 Å². The maximum atomic E-state index is 13.2. The number of benzene rings is 1. The van der Waals surface area contributed by atoms with Gasteiger partial charge in [-0.25, -0.2) is 8.78 Å². The molecule has 5 heteroatoms. The fraction of sp³-hybridized carbons (Fsp3) is 0.400. The first kappa shape index (κ1) is 12.2. The van der Waals surface area contributed by atoms with Crippen molar-refractivity contribution in [3.8, 4) is 0 Å². The minimum Gasteiger partial charge on any atom is -0.389 e. The second kappa shape index (κ2) is 4.33. The first-order valence-corrected chi connectivity index (χ1v) is 4.78. The molecule has 0 aliphatic carbocycles. The highest BCUT2D eigenvalue weighted by atomic mass is 35.5. The lowest BCUT2D eigenvalue weighted by Crippen LogP contribution is -2.29. The molecule has 0 bridgehead atoms. The van der Waals surface area contributed by atoms with Gasteiger partial charge in [-0.3, -0.25) is 0 Å². The van der Waals surface area contributed by atoms with E-state index >= 15 is 0 Å². The van der Waals surface area contributed by atoms with Crippen LogP contribution in [0.3, 0.4) is 0 Å². The van der Waals surface area contributed by atoms with Crippen molar-refractivity contribution in [2.45, 2.75) is 19.4 Å². The molecule has 1 aromatic rings. The largest absolute Gasteiger partial charge is 0.389 e. The van der Waals surface area contributed by atoms with Crippen molar-refractivity contribution in [3.05, 3.63) is 28.8 Å². The lowest BCUT2D eigenvalue weighted by atomic mass is 10.1. The van der Waals surface area contributed by atoms with E-state index in [-0.39, 0.29) is 17.3 Å². The maximum Gasteiger partial charge on any atom is 0.150 e. The van der Waals surface area contributed by atoms with Crippen LogP contribution >= 0.6 is 11.6 Å². The van der Waals surface area contributed by atoms with E-state index in [0.29, 0.717) is 0 Å². The van der Waals surface area contributed by atoms with Gasteiger partial charge in [-0.05, 0) is 19.9 Å². The molecular weight excluding hydrogens is 224 g/mol. The smallest absolute Gasteiger partial charge is 0.150 e. The number of rotatable bonds is 3. The van der Waals surface area contributed by atoms with Gasteiger partial charge >= 0.3 is 0 Å². The molecule has 1 aromatic carbocycles. The lowest BCUT2D eigenvalue weighted by molar-refractivity contribution is 0.0944. The van der Waals surface area contributed by atoms with Gasteiger partial charge in [-0.15, -0.1) is 0 Å². The highest BCUT2D eigenvalue weighted by molar-refractivity contribution is 6.33. The molecule has 15 heavy (non-hydrogen) atoms. The number of hydrogen-bond donors (Lipinski definition) is 2. The molecule has 0 saturated heterocycles. The minimum atomic E-state index is -0.996. The number of aliphatic hydroxyl groups is 1. The SMILES string of the molecule is CC(C)(O)CNc1c(F)cc(F)cc1Cl. The van der Waals surface area contributed by atoms with Gasteiger partial charge in [0.2, 0.25) is 0 Å². The Kier molecular flexibility index (Phi) is 3.52. The molecule has 0 aromatic heterocycles. The summed E-state index contributed by atoms with van der Waals surface area (Å²) < 4.78 is 25.9. The first-order valence-electron chi connectivity index (χ1n) is 4.40. The summed E-state index contributed by atoms with van der Waals surface area (Å²) in [5.41, 5.74) is -0.996. The van der Waals surface area contributed by atoms with Crippen molar-refractivity contribution < 1.29 is 13.9 Å². The van der Waals surface area contributed by atoms with Crippen LogP contribution in [-0.2, 0) is 0 Å². The zero-order valence-corrected chi connectivity index (χ0v) is 9.20.